The van der Waals surface area contributed by atoms with E-state index in [0.717, 1.165) is 29.8 Å². The van der Waals surface area contributed by atoms with E-state index >= 15 is 0 Å². The molecule has 2 unspecified atom stereocenters. The van der Waals surface area contributed by atoms with E-state index in [-0.39, 0.29) is 11.7 Å². The predicted octanol–water partition coefficient (Wildman–Crippen LogP) is 4.14. The van der Waals surface area contributed by atoms with Crippen molar-refractivity contribution in [3.05, 3.63) is 22.4 Å². The summed E-state index contributed by atoms with van der Waals surface area (Å²) < 4.78 is 0. The molecular weight excluding hydrogens is 294 g/mol. The predicted molar refractivity (Wildman–Crippen MR) is 89.1 cm³/mol. The molecule has 1 saturated heterocycles. The lowest BCUT2D eigenvalue weighted by Crippen LogP contribution is -2.44. The third-order valence-electron chi connectivity index (χ3n) is 5.23. The molecule has 0 spiro atoms. The van der Waals surface area contributed by atoms with Crippen molar-refractivity contribution >= 4 is 23.0 Å². The van der Waals surface area contributed by atoms with Gasteiger partial charge in [-0.15, -0.1) is 11.3 Å². The van der Waals surface area contributed by atoms with Crippen LogP contribution in [0, 0.1) is 11.8 Å². The molecule has 0 radical (unpaired) electrons. The van der Waals surface area contributed by atoms with Crippen molar-refractivity contribution in [2.24, 2.45) is 11.8 Å². The van der Waals surface area contributed by atoms with Gasteiger partial charge in [0, 0.05) is 25.9 Å². The summed E-state index contributed by atoms with van der Waals surface area (Å²) in [6.45, 7) is 1.89. The number of Topliss-reactive ketones (excluding diaryl/α,β-unsaturated/α-hetero) is 1. The minimum atomic E-state index is 0.175. The van der Waals surface area contributed by atoms with Crippen LogP contribution < -0.4 is 0 Å². The Morgan fingerprint density at radius 2 is 1.95 bits per heavy atom. The zero-order valence-electron chi connectivity index (χ0n) is 13.1. The van der Waals surface area contributed by atoms with Gasteiger partial charge in [-0.2, -0.15) is 0 Å². The summed E-state index contributed by atoms with van der Waals surface area (Å²) in [4.78, 5) is 27.2. The molecule has 1 amide bonds. The fraction of sp³-hybridized carbons (Fsp3) is 0.667. The average molecular weight is 319 g/mol. The van der Waals surface area contributed by atoms with Gasteiger partial charge in [0.25, 0.3) is 0 Å². The fourth-order valence-electron chi connectivity index (χ4n) is 3.95. The van der Waals surface area contributed by atoms with Gasteiger partial charge in [-0.3, -0.25) is 9.59 Å². The van der Waals surface area contributed by atoms with Crippen molar-refractivity contribution in [3.63, 3.8) is 0 Å². The van der Waals surface area contributed by atoms with Crippen molar-refractivity contribution in [2.45, 2.75) is 51.4 Å². The van der Waals surface area contributed by atoms with Crippen LogP contribution in [0.1, 0.15) is 61.0 Å². The molecule has 0 bridgehead atoms. The normalized spacial score (nSPS) is 24.8. The number of rotatable bonds is 5. The van der Waals surface area contributed by atoms with E-state index in [1.54, 1.807) is 0 Å². The Balaban J connectivity index is 1.41. The Labute approximate surface area is 136 Å². The number of hydrogen-bond donors (Lipinski definition) is 0. The molecule has 2 fully saturated rings. The Hall–Kier alpha value is -1.16. The topological polar surface area (TPSA) is 37.4 Å². The second-order valence-electron chi connectivity index (χ2n) is 6.69. The number of hydrogen-bond acceptors (Lipinski definition) is 3. The molecule has 4 heteroatoms. The molecule has 1 aliphatic heterocycles. The summed E-state index contributed by atoms with van der Waals surface area (Å²) in [6, 6.07) is 3.76. The Morgan fingerprint density at radius 1 is 1.14 bits per heavy atom. The highest BCUT2D eigenvalue weighted by Gasteiger charge is 2.32. The summed E-state index contributed by atoms with van der Waals surface area (Å²) in [6.07, 6.45) is 8.25. The Morgan fingerprint density at radius 3 is 2.73 bits per heavy atom. The molecule has 0 aromatic carbocycles. The standard InChI is InChI=1S/C18H25NO2S/c20-16(17-8-4-12-22-17)7-3-9-18(21)19-11-10-14-5-1-2-6-15(14)13-19/h4,8,12,14-15H,1-3,5-7,9-11,13H2. The van der Waals surface area contributed by atoms with Gasteiger partial charge in [-0.1, -0.05) is 25.3 Å². The minimum absolute atomic E-state index is 0.175. The summed E-state index contributed by atoms with van der Waals surface area (Å²) in [5.74, 6) is 2.02. The van der Waals surface area contributed by atoms with E-state index in [2.05, 4.69) is 4.90 Å². The van der Waals surface area contributed by atoms with Crippen LogP contribution in [0.3, 0.4) is 0 Å². The second-order valence-corrected chi connectivity index (χ2v) is 7.63. The fourth-order valence-corrected chi connectivity index (χ4v) is 4.64. The molecule has 1 aliphatic carbocycles. The number of piperidine rings is 1. The molecule has 2 heterocycles. The Bertz CT molecular complexity index is 511. The van der Waals surface area contributed by atoms with Gasteiger partial charge in [-0.25, -0.2) is 0 Å². The lowest BCUT2D eigenvalue weighted by Gasteiger charge is -2.41. The number of ketones is 1. The van der Waals surface area contributed by atoms with Crippen LogP contribution in [0.2, 0.25) is 0 Å². The van der Waals surface area contributed by atoms with E-state index in [0.29, 0.717) is 19.3 Å². The molecular formula is C18H25NO2S. The van der Waals surface area contributed by atoms with Gasteiger partial charge in [0.2, 0.25) is 5.91 Å². The van der Waals surface area contributed by atoms with Crippen LogP contribution in [-0.4, -0.2) is 29.7 Å². The molecule has 2 aliphatic rings. The maximum absolute atomic E-state index is 12.4. The van der Waals surface area contributed by atoms with Gasteiger partial charge >= 0.3 is 0 Å². The van der Waals surface area contributed by atoms with Crippen molar-refractivity contribution in [1.29, 1.82) is 0 Å². The zero-order valence-corrected chi connectivity index (χ0v) is 13.9. The van der Waals surface area contributed by atoms with E-state index in [1.807, 2.05) is 17.5 Å². The second kappa shape index (κ2) is 7.40. The van der Waals surface area contributed by atoms with Gasteiger partial charge < -0.3 is 4.90 Å². The number of fused-ring (bicyclic) bond motifs is 1. The van der Waals surface area contributed by atoms with E-state index in [4.69, 9.17) is 0 Å². The molecule has 3 rings (SSSR count). The van der Waals surface area contributed by atoms with Crippen LogP contribution in [0.25, 0.3) is 0 Å². The number of thiophene rings is 1. The van der Waals surface area contributed by atoms with Crippen molar-refractivity contribution in [3.8, 4) is 0 Å². The van der Waals surface area contributed by atoms with Crippen molar-refractivity contribution in [2.75, 3.05) is 13.1 Å². The summed E-state index contributed by atoms with van der Waals surface area (Å²) in [7, 11) is 0. The molecule has 1 aromatic heterocycles. The first kappa shape index (κ1) is 15.7. The quantitative estimate of drug-likeness (QED) is 0.765. The first-order valence-electron chi connectivity index (χ1n) is 8.58. The van der Waals surface area contributed by atoms with Crippen molar-refractivity contribution < 1.29 is 9.59 Å². The van der Waals surface area contributed by atoms with Gasteiger partial charge in [-0.05, 0) is 42.5 Å². The molecule has 0 N–H and O–H groups in total. The number of carbonyl (C=O) groups excluding carboxylic acids is 2. The highest BCUT2D eigenvalue weighted by Crippen LogP contribution is 2.36. The highest BCUT2D eigenvalue weighted by atomic mass is 32.1. The van der Waals surface area contributed by atoms with Crippen molar-refractivity contribution in [1.82, 2.24) is 4.90 Å². The van der Waals surface area contributed by atoms with Crippen LogP contribution >= 0.6 is 11.3 Å². The minimum Gasteiger partial charge on any atom is -0.342 e. The van der Waals surface area contributed by atoms with E-state index in [9.17, 15) is 9.59 Å². The number of carbonyl (C=O) groups is 2. The number of nitrogens with zero attached hydrogens (tertiary/aromatic N) is 1. The van der Waals surface area contributed by atoms with Gasteiger partial charge in [0.15, 0.2) is 5.78 Å². The monoisotopic (exact) mass is 319 g/mol. The average Bonchev–Trinajstić information content (AvgIpc) is 3.08. The lowest BCUT2D eigenvalue weighted by molar-refractivity contribution is -0.134. The SMILES string of the molecule is O=C(CCCC(=O)N1CCC2CCCCC2C1)c1cccs1. The lowest BCUT2D eigenvalue weighted by atomic mass is 9.75. The Kier molecular flexibility index (Phi) is 5.29. The molecule has 1 saturated carbocycles. The summed E-state index contributed by atoms with van der Waals surface area (Å²) in [5.41, 5.74) is 0. The molecule has 3 nitrogen and oxygen atoms in total. The van der Waals surface area contributed by atoms with Crippen LogP contribution in [0.4, 0.5) is 0 Å². The molecule has 22 heavy (non-hydrogen) atoms. The van der Waals surface area contributed by atoms with Crippen LogP contribution in [0.5, 0.6) is 0 Å². The first-order chi connectivity index (χ1) is 10.7. The van der Waals surface area contributed by atoms with Gasteiger partial charge in [0.1, 0.15) is 0 Å². The zero-order chi connectivity index (χ0) is 15.4. The molecule has 120 valence electrons. The van der Waals surface area contributed by atoms with Crippen LogP contribution in [0.15, 0.2) is 17.5 Å². The third kappa shape index (κ3) is 3.78. The summed E-state index contributed by atoms with van der Waals surface area (Å²) in [5, 5.41) is 1.92. The number of amides is 1. The van der Waals surface area contributed by atoms with E-state index in [1.165, 1.54) is 43.4 Å². The maximum atomic E-state index is 12.4. The maximum Gasteiger partial charge on any atom is 0.222 e. The smallest absolute Gasteiger partial charge is 0.222 e. The van der Waals surface area contributed by atoms with E-state index < -0.39 is 0 Å². The third-order valence-corrected chi connectivity index (χ3v) is 6.15. The summed E-state index contributed by atoms with van der Waals surface area (Å²) >= 11 is 1.49. The highest BCUT2D eigenvalue weighted by molar-refractivity contribution is 7.12. The number of likely N-dealkylation sites (tertiary alicyclic amines) is 1. The first-order valence-corrected chi connectivity index (χ1v) is 9.46. The van der Waals surface area contributed by atoms with Gasteiger partial charge in [0.05, 0.1) is 4.88 Å². The van der Waals surface area contributed by atoms with Crippen LogP contribution in [-0.2, 0) is 4.79 Å². The molecule has 2 atom stereocenters. The molecule has 1 aromatic rings. The largest absolute Gasteiger partial charge is 0.342 e.